The van der Waals surface area contributed by atoms with Gasteiger partial charge in [-0.05, 0) is 35.6 Å². The highest BCUT2D eigenvalue weighted by Gasteiger charge is 2.18. The van der Waals surface area contributed by atoms with Crippen LogP contribution in [0, 0.1) is 0 Å². The first kappa shape index (κ1) is 13.6. The highest BCUT2D eigenvalue weighted by molar-refractivity contribution is 7.10. The quantitative estimate of drug-likeness (QED) is 0.751. The van der Waals surface area contributed by atoms with E-state index in [1.807, 2.05) is 30.5 Å². The van der Waals surface area contributed by atoms with E-state index in [2.05, 4.69) is 5.32 Å². The predicted molar refractivity (Wildman–Crippen MR) is 77.4 cm³/mol. The number of carbonyl (C=O) groups excluding carboxylic acids is 1. The molecule has 0 saturated carbocycles. The Kier molecular flexibility index (Phi) is 4.19. The Morgan fingerprint density at radius 3 is 2.89 bits per heavy atom. The first-order valence-electron chi connectivity index (χ1n) is 6.03. The van der Waals surface area contributed by atoms with Crippen LogP contribution in [0.2, 0.25) is 0 Å². The number of phenols is 1. The molecule has 0 aliphatic carbocycles. The number of nitrogens with one attached hydrogen (secondary N) is 1. The van der Waals surface area contributed by atoms with Gasteiger partial charge in [-0.15, -0.1) is 11.3 Å². The maximum absolute atomic E-state index is 12.0. The summed E-state index contributed by atoms with van der Waals surface area (Å²) in [6, 6.07) is 8.10. The molecule has 0 spiro atoms. The van der Waals surface area contributed by atoms with E-state index in [1.54, 1.807) is 12.1 Å². The van der Waals surface area contributed by atoms with Crippen LogP contribution in [0.15, 0.2) is 35.7 Å². The summed E-state index contributed by atoms with van der Waals surface area (Å²) in [5.41, 5.74) is 7.31. The van der Waals surface area contributed by atoms with Gasteiger partial charge in [0.1, 0.15) is 11.8 Å². The van der Waals surface area contributed by atoms with Crippen molar-refractivity contribution in [2.24, 2.45) is 5.73 Å². The molecule has 1 heterocycles. The zero-order chi connectivity index (χ0) is 13.8. The van der Waals surface area contributed by atoms with Crippen molar-refractivity contribution in [3.63, 3.8) is 0 Å². The Labute approximate surface area is 115 Å². The molecule has 0 radical (unpaired) electrons. The zero-order valence-electron chi connectivity index (χ0n) is 10.6. The van der Waals surface area contributed by atoms with Gasteiger partial charge in [0.25, 0.3) is 0 Å². The van der Waals surface area contributed by atoms with Gasteiger partial charge in [0, 0.05) is 4.88 Å². The number of carbonyl (C=O) groups is 1. The molecule has 19 heavy (non-hydrogen) atoms. The number of hydrogen-bond acceptors (Lipinski definition) is 4. The molecule has 1 atom stereocenters. The second-order valence-corrected chi connectivity index (χ2v) is 5.17. The van der Waals surface area contributed by atoms with Crippen LogP contribution in [0.1, 0.15) is 23.4 Å². The summed E-state index contributed by atoms with van der Waals surface area (Å²) < 4.78 is 0. The minimum absolute atomic E-state index is 0.0453. The Morgan fingerprint density at radius 1 is 1.47 bits per heavy atom. The van der Waals surface area contributed by atoms with Crippen LogP contribution in [0.5, 0.6) is 5.75 Å². The topological polar surface area (TPSA) is 75.3 Å². The van der Waals surface area contributed by atoms with Gasteiger partial charge in [-0.3, -0.25) is 4.79 Å². The third kappa shape index (κ3) is 3.13. The predicted octanol–water partition coefficient (Wildman–Crippen LogP) is 2.65. The molecule has 0 fully saturated rings. The monoisotopic (exact) mass is 276 g/mol. The number of thiophene rings is 1. The molecule has 0 aliphatic heterocycles. The van der Waals surface area contributed by atoms with Crippen molar-refractivity contribution >= 4 is 22.9 Å². The SMILES string of the molecule is CCc1ccc(O)c(NC(=O)C(N)c2cccs2)c1. The van der Waals surface area contributed by atoms with Gasteiger partial charge < -0.3 is 16.2 Å². The number of hydrogen-bond donors (Lipinski definition) is 3. The molecule has 0 saturated heterocycles. The molecule has 4 N–H and O–H groups in total. The fourth-order valence-electron chi connectivity index (χ4n) is 1.71. The van der Waals surface area contributed by atoms with Gasteiger partial charge in [0.15, 0.2) is 0 Å². The molecule has 2 rings (SSSR count). The van der Waals surface area contributed by atoms with Crippen molar-refractivity contribution in [1.29, 1.82) is 0 Å². The number of phenolic OH excluding ortho intramolecular Hbond substituents is 1. The van der Waals surface area contributed by atoms with Crippen LogP contribution in [-0.2, 0) is 11.2 Å². The van der Waals surface area contributed by atoms with E-state index in [4.69, 9.17) is 5.73 Å². The fourth-order valence-corrected chi connectivity index (χ4v) is 2.44. The maximum Gasteiger partial charge on any atom is 0.246 e. The van der Waals surface area contributed by atoms with Crippen LogP contribution in [-0.4, -0.2) is 11.0 Å². The van der Waals surface area contributed by atoms with Crippen LogP contribution in [0.3, 0.4) is 0 Å². The lowest BCUT2D eigenvalue weighted by Crippen LogP contribution is -2.27. The van der Waals surface area contributed by atoms with Gasteiger partial charge in [0.2, 0.25) is 5.91 Å². The Morgan fingerprint density at radius 2 is 2.26 bits per heavy atom. The van der Waals surface area contributed by atoms with Gasteiger partial charge in [0.05, 0.1) is 5.69 Å². The highest BCUT2D eigenvalue weighted by atomic mass is 32.1. The molecule has 1 unspecified atom stereocenters. The summed E-state index contributed by atoms with van der Waals surface area (Å²) in [5, 5.41) is 14.3. The smallest absolute Gasteiger partial charge is 0.246 e. The minimum atomic E-state index is -0.718. The van der Waals surface area contributed by atoms with E-state index in [-0.39, 0.29) is 11.7 Å². The van der Waals surface area contributed by atoms with Crippen LogP contribution in [0.4, 0.5) is 5.69 Å². The average Bonchev–Trinajstić information content (AvgIpc) is 2.94. The second kappa shape index (κ2) is 5.86. The average molecular weight is 276 g/mol. The van der Waals surface area contributed by atoms with Crippen LogP contribution in [0.25, 0.3) is 0 Å². The van der Waals surface area contributed by atoms with Crippen LogP contribution < -0.4 is 11.1 Å². The molecule has 0 bridgehead atoms. The molecule has 5 heteroatoms. The van der Waals surface area contributed by atoms with E-state index in [0.29, 0.717) is 5.69 Å². The number of aryl methyl sites for hydroxylation is 1. The third-order valence-electron chi connectivity index (χ3n) is 2.86. The fraction of sp³-hybridized carbons (Fsp3) is 0.214. The number of aromatic hydroxyl groups is 1. The maximum atomic E-state index is 12.0. The molecular formula is C14H16N2O2S. The third-order valence-corrected chi connectivity index (χ3v) is 3.81. The van der Waals surface area contributed by atoms with Gasteiger partial charge >= 0.3 is 0 Å². The van der Waals surface area contributed by atoms with E-state index in [0.717, 1.165) is 16.9 Å². The summed E-state index contributed by atoms with van der Waals surface area (Å²) in [6.45, 7) is 2.01. The van der Waals surface area contributed by atoms with Crippen molar-refractivity contribution in [3.8, 4) is 5.75 Å². The molecule has 4 nitrogen and oxygen atoms in total. The summed E-state index contributed by atoms with van der Waals surface area (Å²) >= 11 is 1.43. The Balaban J connectivity index is 2.14. The molecule has 0 aliphatic rings. The van der Waals surface area contributed by atoms with Crippen molar-refractivity contribution < 1.29 is 9.90 Å². The minimum Gasteiger partial charge on any atom is -0.506 e. The number of benzene rings is 1. The van der Waals surface area contributed by atoms with Crippen molar-refractivity contribution in [2.75, 3.05) is 5.32 Å². The van der Waals surface area contributed by atoms with Crippen LogP contribution >= 0.6 is 11.3 Å². The Hall–Kier alpha value is -1.85. The molecule has 1 amide bonds. The normalized spacial score (nSPS) is 12.1. The second-order valence-electron chi connectivity index (χ2n) is 4.19. The van der Waals surface area contributed by atoms with E-state index >= 15 is 0 Å². The largest absolute Gasteiger partial charge is 0.506 e. The molecule has 100 valence electrons. The lowest BCUT2D eigenvalue weighted by atomic mass is 10.1. The number of anilines is 1. The van der Waals surface area contributed by atoms with E-state index in [1.165, 1.54) is 11.3 Å². The number of rotatable bonds is 4. The van der Waals surface area contributed by atoms with Gasteiger partial charge in [-0.1, -0.05) is 19.1 Å². The lowest BCUT2D eigenvalue weighted by molar-refractivity contribution is -0.117. The first-order chi connectivity index (χ1) is 9.11. The summed E-state index contributed by atoms with van der Waals surface area (Å²) in [4.78, 5) is 12.8. The molecule has 2 aromatic rings. The van der Waals surface area contributed by atoms with Gasteiger partial charge in [-0.2, -0.15) is 0 Å². The number of nitrogens with two attached hydrogens (primary N) is 1. The standard InChI is InChI=1S/C14H16N2O2S/c1-2-9-5-6-11(17)10(8-9)16-14(18)13(15)12-4-3-7-19-12/h3-8,13,17H,2,15H2,1H3,(H,16,18). The first-order valence-corrected chi connectivity index (χ1v) is 6.91. The summed E-state index contributed by atoms with van der Waals surface area (Å²) in [7, 11) is 0. The van der Waals surface area contributed by atoms with Crippen molar-refractivity contribution in [3.05, 3.63) is 46.2 Å². The summed E-state index contributed by atoms with van der Waals surface area (Å²) in [6.07, 6.45) is 0.833. The van der Waals surface area contributed by atoms with Crippen molar-refractivity contribution in [1.82, 2.24) is 0 Å². The molecule has 1 aromatic carbocycles. The Bertz CT molecular complexity index is 567. The lowest BCUT2D eigenvalue weighted by Gasteiger charge is -2.12. The molecule has 1 aromatic heterocycles. The summed E-state index contributed by atoms with van der Waals surface area (Å²) in [5.74, 6) is -0.282. The highest BCUT2D eigenvalue weighted by Crippen LogP contribution is 2.26. The van der Waals surface area contributed by atoms with E-state index < -0.39 is 6.04 Å². The number of amides is 1. The van der Waals surface area contributed by atoms with Crippen molar-refractivity contribution in [2.45, 2.75) is 19.4 Å². The zero-order valence-corrected chi connectivity index (χ0v) is 11.4. The van der Waals surface area contributed by atoms with Gasteiger partial charge in [-0.25, -0.2) is 0 Å². The molecular weight excluding hydrogens is 260 g/mol. The van der Waals surface area contributed by atoms with E-state index in [9.17, 15) is 9.90 Å².